The van der Waals surface area contributed by atoms with Crippen molar-refractivity contribution in [1.29, 1.82) is 0 Å². The van der Waals surface area contributed by atoms with Gasteiger partial charge in [-0.25, -0.2) is 5.48 Å². The van der Waals surface area contributed by atoms with Gasteiger partial charge in [-0.05, 0) is 19.4 Å². The van der Waals surface area contributed by atoms with E-state index in [-0.39, 0.29) is 12.5 Å². The van der Waals surface area contributed by atoms with Crippen LogP contribution in [-0.4, -0.2) is 15.7 Å². The molecule has 1 aromatic heterocycles. The maximum absolute atomic E-state index is 11.1. The van der Waals surface area contributed by atoms with Gasteiger partial charge in [-0.2, -0.15) is 5.10 Å². The van der Waals surface area contributed by atoms with Crippen LogP contribution in [0.15, 0.2) is 0 Å². The number of hydrogen-bond donors (Lipinski definition) is 1. The molecule has 0 saturated carbocycles. The molecular formula is C8H11N3O2. The SMILES string of the molecule is Cc1nn2c(c1C)CONC(=O)C2. The van der Waals surface area contributed by atoms with E-state index in [9.17, 15) is 4.79 Å². The van der Waals surface area contributed by atoms with E-state index >= 15 is 0 Å². The molecule has 1 N–H and O–H groups in total. The molecule has 70 valence electrons. The highest BCUT2D eigenvalue weighted by Gasteiger charge is 2.17. The molecule has 0 atom stereocenters. The zero-order valence-corrected chi connectivity index (χ0v) is 7.63. The van der Waals surface area contributed by atoms with E-state index in [0.29, 0.717) is 6.61 Å². The summed E-state index contributed by atoms with van der Waals surface area (Å²) in [6, 6.07) is 0. The van der Waals surface area contributed by atoms with E-state index in [4.69, 9.17) is 4.84 Å². The largest absolute Gasteiger partial charge is 0.271 e. The van der Waals surface area contributed by atoms with Crippen molar-refractivity contribution >= 4 is 5.91 Å². The Morgan fingerprint density at radius 2 is 2.31 bits per heavy atom. The van der Waals surface area contributed by atoms with Gasteiger partial charge in [0.15, 0.2) is 0 Å². The lowest BCUT2D eigenvalue weighted by atomic mass is 10.2. The third-order valence-corrected chi connectivity index (χ3v) is 2.25. The lowest BCUT2D eigenvalue weighted by molar-refractivity contribution is -0.133. The fourth-order valence-electron chi connectivity index (χ4n) is 1.39. The second-order valence-electron chi connectivity index (χ2n) is 3.13. The number of aromatic nitrogens is 2. The average Bonchev–Trinajstić information content (AvgIpc) is 2.28. The topological polar surface area (TPSA) is 56.1 Å². The van der Waals surface area contributed by atoms with Gasteiger partial charge in [0.1, 0.15) is 13.2 Å². The van der Waals surface area contributed by atoms with E-state index in [1.165, 1.54) is 0 Å². The highest BCUT2D eigenvalue weighted by atomic mass is 16.7. The summed E-state index contributed by atoms with van der Waals surface area (Å²) in [6.07, 6.45) is 0. The summed E-state index contributed by atoms with van der Waals surface area (Å²) in [4.78, 5) is 16.0. The molecule has 0 unspecified atom stereocenters. The predicted molar refractivity (Wildman–Crippen MR) is 44.6 cm³/mol. The molecule has 1 amide bonds. The summed E-state index contributed by atoms with van der Waals surface area (Å²) >= 11 is 0. The van der Waals surface area contributed by atoms with Gasteiger partial charge in [0.2, 0.25) is 0 Å². The van der Waals surface area contributed by atoms with Gasteiger partial charge in [0.05, 0.1) is 11.4 Å². The first-order valence-electron chi connectivity index (χ1n) is 4.12. The van der Waals surface area contributed by atoms with Crippen molar-refractivity contribution in [1.82, 2.24) is 15.3 Å². The number of nitrogens with zero attached hydrogens (tertiary/aromatic N) is 2. The fraction of sp³-hybridized carbons (Fsp3) is 0.500. The molecule has 0 radical (unpaired) electrons. The van der Waals surface area contributed by atoms with Crippen LogP contribution in [0.5, 0.6) is 0 Å². The zero-order chi connectivity index (χ0) is 9.42. The summed E-state index contributed by atoms with van der Waals surface area (Å²) in [7, 11) is 0. The smallest absolute Gasteiger partial charge is 0.265 e. The number of amides is 1. The third-order valence-electron chi connectivity index (χ3n) is 2.25. The van der Waals surface area contributed by atoms with Crippen molar-refractivity contribution < 1.29 is 9.63 Å². The fourth-order valence-corrected chi connectivity index (χ4v) is 1.39. The van der Waals surface area contributed by atoms with E-state index in [1.54, 1.807) is 4.68 Å². The van der Waals surface area contributed by atoms with Crippen LogP contribution < -0.4 is 5.48 Å². The van der Waals surface area contributed by atoms with Crippen LogP contribution >= 0.6 is 0 Å². The summed E-state index contributed by atoms with van der Waals surface area (Å²) in [5.74, 6) is -0.166. The zero-order valence-electron chi connectivity index (χ0n) is 7.63. The lowest BCUT2D eigenvalue weighted by Crippen LogP contribution is -2.24. The number of rotatable bonds is 0. The summed E-state index contributed by atoms with van der Waals surface area (Å²) < 4.78 is 1.69. The Balaban J connectivity index is 2.45. The van der Waals surface area contributed by atoms with Gasteiger partial charge >= 0.3 is 0 Å². The summed E-state index contributed by atoms with van der Waals surface area (Å²) in [5.41, 5.74) is 5.34. The average molecular weight is 181 g/mol. The highest BCUT2D eigenvalue weighted by Crippen LogP contribution is 2.14. The molecule has 1 aliphatic heterocycles. The number of nitrogens with one attached hydrogen (secondary N) is 1. The Kier molecular flexibility index (Phi) is 1.81. The molecule has 0 spiro atoms. The van der Waals surface area contributed by atoms with E-state index in [0.717, 1.165) is 17.0 Å². The normalized spacial score (nSPS) is 16.3. The molecule has 0 aromatic carbocycles. The quantitative estimate of drug-likeness (QED) is 0.615. The molecule has 0 saturated heterocycles. The molecule has 0 bridgehead atoms. The molecule has 5 nitrogen and oxygen atoms in total. The molecule has 1 aromatic rings. The number of hydrogen-bond acceptors (Lipinski definition) is 3. The second kappa shape index (κ2) is 2.85. The van der Waals surface area contributed by atoms with E-state index < -0.39 is 0 Å². The Bertz CT molecular complexity index is 357. The number of carbonyl (C=O) groups is 1. The highest BCUT2D eigenvalue weighted by molar-refractivity contribution is 5.74. The maximum atomic E-state index is 11.1. The van der Waals surface area contributed by atoms with Crippen LogP contribution in [0.3, 0.4) is 0 Å². The Hall–Kier alpha value is -1.36. The minimum absolute atomic E-state index is 0.166. The molecule has 2 heterocycles. The monoisotopic (exact) mass is 181 g/mol. The Morgan fingerprint density at radius 3 is 3.08 bits per heavy atom. The van der Waals surface area contributed by atoms with Crippen LogP contribution in [0.4, 0.5) is 0 Å². The van der Waals surface area contributed by atoms with Gasteiger partial charge in [0, 0.05) is 0 Å². The van der Waals surface area contributed by atoms with Crippen molar-refractivity contribution in [2.24, 2.45) is 0 Å². The number of fused-ring (bicyclic) bond motifs is 1. The van der Waals surface area contributed by atoms with Gasteiger partial charge in [0.25, 0.3) is 5.91 Å². The van der Waals surface area contributed by atoms with Crippen LogP contribution in [0.1, 0.15) is 17.0 Å². The van der Waals surface area contributed by atoms with Crippen molar-refractivity contribution in [3.8, 4) is 0 Å². The van der Waals surface area contributed by atoms with Gasteiger partial charge in [-0.15, -0.1) is 0 Å². The molecule has 0 aliphatic carbocycles. The van der Waals surface area contributed by atoms with Crippen LogP contribution in [0.2, 0.25) is 0 Å². The Labute approximate surface area is 75.6 Å². The van der Waals surface area contributed by atoms with Crippen molar-refractivity contribution in [2.75, 3.05) is 0 Å². The lowest BCUT2D eigenvalue weighted by Gasteiger charge is -1.98. The van der Waals surface area contributed by atoms with Crippen molar-refractivity contribution in [3.05, 3.63) is 17.0 Å². The first-order valence-corrected chi connectivity index (χ1v) is 4.12. The summed E-state index contributed by atoms with van der Waals surface area (Å²) in [5, 5.41) is 4.24. The molecule has 0 fully saturated rings. The molecule has 5 heteroatoms. The van der Waals surface area contributed by atoms with Gasteiger partial charge in [-0.3, -0.25) is 14.3 Å². The first-order chi connectivity index (χ1) is 6.18. The Morgan fingerprint density at radius 1 is 1.54 bits per heavy atom. The second-order valence-corrected chi connectivity index (χ2v) is 3.13. The van der Waals surface area contributed by atoms with E-state index in [2.05, 4.69) is 10.6 Å². The summed E-state index contributed by atoms with van der Waals surface area (Å²) in [6.45, 7) is 4.53. The third kappa shape index (κ3) is 1.31. The van der Waals surface area contributed by atoms with Crippen LogP contribution in [0, 0.1) is 13.8 Å². The minimum Gasteiger partial charge on any atom is -0.271 e. The number of hydroxylamine groups is 1. The van der Waals surface area contributed by atoms with Crippen molar-refractivity contribution in [2.45, 2.75) is 27.0 Å². The minimum atomic E-state index is -0.166. The molecule has 1 aliphatic rings. The van der Waals surface area contributed by atoms with Crippen LogP contribution in [-0.2, 0) is 22.8 Å². The standard InChI is InChI=1S/C8H11N3O2/c1-5-6(2)9-11-3-8(12)10-13-4-7(5)11/h3-4H2,1-2H3,(H,10,12). The molecule has 13 heavy (non-hydrogen) atoms. The van der Waals surface area contributed by atoms with Crippen LogP contribution in [0.25, 0.3) is 0 Å². The predicted octanol–water partition coefficient (Wildman–Crippen LogP) is 0.0613. The first kappa shape index (κ1) is 8.25. The van der Waals surface area contributed by atoms with Gasteiger partial charge in [-0.1, -0.05) is 0 Å². The van der Waals surface area contributed by atoms with E-state index in [1.807, 2.05) is 13.8 Å². The van der Waals surface area contributed by atoms with Gasteiger partial charge < -0.3 is 0 Å². The maximum Gasteiger partial charge on any atom is 0.265 e. The van der Waals surface area contributed by atoms with Crippen molar-refractivity contribution in [3.63, 3.8) is 0 Å². The molecule has 2 rings (SSSR count). The molecular weight excluding hydrogens is 170 g/mol. The number of aryl methyl sites for hydroxylation is 1. The number of carbonyl (C=O) groups excluding carboxylic acids is 1.